The van der Waals surface area contributed by atoms with E-state index in [-0.39, 0.29) is 10.6 Å². The summed E-state index contributed by atoms with van der Waals surface area (Å²) in [6.45, 7) is -1.41. The van der Waals surface area contributed by atoms with Crippen LogP contribution >= 0.6 is 23.2 Å². The van der Waals surface area contributed by atoms with Crippen LogP contribution in [0.15, 0.2) is 72.8 Å². The van der Waals surface area contributed by atoms with E-state index < -0.39 is 43.4 Å². The van der Waals surface area contributed by atoms with E-state index in [2.05, 4.69) is 16.0 Å². The molecular weight excluding hydrogens is 509 g/mol. The summed E-state index contributed by atoms with van der Waals surface area (Å²) < 4.78 is 10.5. The molecule has 0 atom stereocenters. The van der Waals surface area contributed by atoms with Crippen molar-refractivity contribution in [2.45, 2.75) is 0 Å². The fourth-order valence-electron chi connectivity index (χ4n) is 2.79. The minimum Gasteiger partial charge on any atom is -0.457 e. The topological polar surface area (TPSA) is 123 Å². The first-order chi connectivity index (χ1) is 17.3. The number of halogens is 2. The van der Waals surface area contributed by atoms with Crippen LogP contribution in [0.1, 0.15) is 10.4 Å². The molecule has 3 aromatic rings. The molecule has 0 aliphatic carbocycles. The summed E-state index contributed by atoms with van der Waals surface area (Å²) in [5.74, 6) is -1.32. The van der Waals surface area contributed by atoms with Crippen molar-refractivity contribution in [2.75, 3.05) is 25.0 Å². The number of esters is 1. The Labute approximate surface area is 216 Å². The van der Waals surface area contributed by atoms with Crippen LogP contribution < -0.4 is 20.7 Å². The van der Waals surface area contributed by atoms with E-state index >= 15 is 0 Å². The third-order valence-corrected chi connectivity index (χ3v) is 5.04. The highest BCUT2D eigenvalue weighted by Crippen LogP contribution is 2.23. The number of anilines is 1. The average molecular weight is 530 g/mol. The SMILES string of the molecule is O=C(CNC(=O)c1ccc(Cl)cc1Cl)NCC(=O)OCC(=O)Nc1ccc(Oc2ccccc2)cc1. The van der Waals surface area contributed by atoms with Gasteiger partial charge in [-0.2, -0.15) is 0 Å². The van der Waals surface area contributed by atoms with Gasteiger partial charge in [0.05, 0.1) is 17.1 Å². The molecule has 0 unspecified atom stereocenters. The molecule has 0 bridgehead atoms. The first kappa shape index (κ1) is 26.5. The van der Waals surface area contributed by atoms with E-state index in [0.29, 0.717) is 22.2 Å². The lowest BCUT2D eigenvalue weighted by molar-refractivity contribution is -0.147. The van der Waals surface area contributed by atoms with Crippen LogP contribution in [-0.2, 0) is 19.1 Å². The van der Waals surface area contributed by atoms with Gasteiger partial charge in [0, 0.05) is 10.7 Å². The Hall–Kier alpha value is -4.08. The Morgan fingerprint density at radius 3 is 2.14 bits per heavy atom. The van der Waals surface area contributed by atoms with Gasteiger partial charge in [0.25, 0.3) is 11.8 Å². The Bertz CT molecular complexity index is 1240. The van der Waals surface area contributed by atoms with Gasteiger partial charge >= 0.3 is 5.97 Å². The third kappa shape index (κ3) is 8.61. The molecule has 0 aliphatic heterocycles. The van der Waals surface area contributed by atoms with Crippen molar-refractivity contribution < 1.29 is 28.7 Å². The second-order valence-electron chi connectivity index (χ2n) is 7.23. The van der Waals surface area contributed by atoms with Crippen LogP contribution in [-0.4, -0.2) is 43.4 Å². The molecule has 0 heterocycles. The zero-order valence-corrected chi connectivity index (χ0v) is 20.3. The fraction of sp³-hybridized carbons (Fsp3) is 0.120. The molecule has 36 heavy (non-hydrogen) atoms. The second kappa shape index (κ2) is 13.1. The predicted molar refractivity (Wildman–Crippen MR) is 134 cm³/mol. The zero-order chi connectivity index (χ0) is 25.9. The normalized spacial score (nSPS) is 10.2. The van der Waals surface area contributed by atoms with Crippen molar-refractivity contribution in [3.63, 3.8) is 0 Å². The molecule has 0 saturated carbocycles. The van der Waals surface area contributed by atoms with Gasteiger partial charge in [0.2, 0.25) is 5.91 Å². The summed E-state index contributed by atoms with van der Waals surface area (Å²) in [7, 11) is 0. The summed E-state index contributed by atoms with van der Waals surface area (Å²) >= 11 is 11.7. The number of ether oxygens (including phenoxy) is 2. The molecular formula is C25H21Cl2N3O6. The number of nitrogens with one attached hydrogen (secondary N) is 3. The molecule has 0 spiro atoms. The number of carbonyl (C=O) groups excluding carboxylic acids is 4. The molecule has 0 saturated heterocycles. The zero-order valence-electron chi connectivity index (χ0n) is 18.8. The number of hydrogen-bond acceptors (Lipinski definition) is 6. The van der Waals surface area contributed by atoms with E-state index in [9.17, 15) is 19.2 Å². The molecule has 0 aromatic heterocycles. The molecule has 3 amide bonds. The summed E-state index contributed by atoms with van der Waals surface area (Å²) in [4.78, 5) is 47.8. The minimum atomic E-state index is -0.822. The Morgan fingerprint density at radius 2 is 1.44 bits per heavy atom. The summed E-state index contributed by atoms with van der Waals surface area (Å²) in [6.07, 6.45) is 0. The lowest BCUT2D eigenvalue weighted by Gasteiger charge is -2.09. The standard InChI is InChI=1S/C25H21Cl2N3O6/c26-16-6-11-20(21(27)12-16)25(34)29-13-22(31)28-14-24(33)35-15-23(32)30-17-7-9-19(10-8-17)36-18-4-2-1-3-5-18/h1-12H,13-15H2,(H,28,31)(H,29,34)(H,30,32). The van der Waals surface area contributed by atoms with Gasteiger partial charge in [0.1, 0.15) is 18.0 Å². The van der Waals surface area contributed by atoms with Gasteiger partial charge < -0.3 is 25.4 Å². The van der Waals surface area contributed by atoms with Crippen molar-refractivity contribution in [1.29, 1.82) is 0 Å². The van der Waals surface area contributed by atoms with Gasteiger partial charge in [-0.3, -0.25) is 19.2 Å². The highest BCUT2D eigenvalue weighted by Gasteiger charge is 2.14. The molecule has 0 aliphatic rings. The number of benzene rings is 3. The van der Waals surface area contributed by atoms with Crippen LogP contribution in [0.25, 0.3) is 0 Å². The first-order valence-electron chi connectivity index (χ1n) is 10.6. The van der Waals surface area contributed by atoms with E-state index in [1.165, 1.54) is 18.2 Å². The Morgan fingerprint density at radius 1 is 0.750 bits per heavy atom. The number of para-hydroxylation sites is 1. The fourth-order valence-corrected chi connectivity index (χ4v) is 3.28. The van der Waals surface area contributed by atoms with Gasteiger partial charge in [-0.15, -0.1) is 0 Å². The lowest BCUT2D eigenvalue weighted by Crippen LogP contribution is -2.39. The van der Waals surface area contributed by atoms with E-state index in [1.54, 1.807) is 24.3 Å². The van der Waals surface area contributed by atoms with Crippen molar-refractivity contribution in [1.82, 2.24) is 10.6 Å². The van der Waals surface area contributed by atoms with Crippen LogP contribution in [0, 0.1) is 0 Å². The second-order valence-corrected chi connectivity index (χ2v) is 8.08. The summed E-state index contributed by atoms with van der Waals surface area (Å²) in [6, 6.07) is 20.2. The van der Waals surface area contributed by atoms with Crippen molar-refractivity contribution in [3.8, 4) is 11.5 Å². The van der Waals surface area contributed by atoms with Gasteiger partial charge in [-0.1, -0.05) is 41.4 Å². The molecule has 0 fully saturated rings. The van der Waals surface area contributed by atoms with Crippen molar-refractivity contribution >= 4 is 52.6 Å². The molecule has 9 nitrogen and oxygen atoms in total. The molecule has 186 valence electrons. The largest absolute Gasteiger partial charge is 0.457 e. The van der Waals surface area contributed by atoms with Crippen LogP contribution in [0.2, 0.25) is 10.0 Å². The maximum absolute atomic E-state index is 12.1. The minimum absolute atomic E-state index is 0.138. The first-order valence-corrected chi connectivity index (χ1v) is 11.3. The maximum Gasteiger partial charge on any atom is 0.325 e. The average Bonchev–Trinajstić information content (AvgIpc) is 2.86. The quantitative estimate of drug-likeness (QED) is 0.343. The number of rotatable bonds is 10. The molecule has 3 N–H and O–H groups in total. The summed E-state index contributed by atoms with van der Waals surface area (Å²) in [5.41, 5.74) is 0.638. The van der Waals surface area contributed by atoms with Crippen molar-refractivity contribution in [3.05, 3.63) is 88.4 Å². The molecule has 3 aromatic carbocycles. The highest BCUT2D eigenvalue weighted by atomic mass is 35.5. The summed E-state index contributed by atoms with van der Waals surface area (Å²) in [5, 5.41) is 7.75. The number of amides is 3. The van der Waals surface area contributed by atoms with E-state index in [0.717, 1.165) is 0 Å². The maximum atomic E-state index is 12.1. The van der Waals surface area contributed by atoms with Gasteiger partial charge in [-0.25, -0.2) is 0 Å². The third-order valence-electron chi connectivity index (χ3n) is 4.50. The molecule has 3 rings (SSSR count). The predicted octanol–water partition coefficient (Wildman–Crippen LogP) is 3.81. The van der Waals surface area contributed by atoms with Gasteiger partial charge in [-0.05, 0) is 54.6 Å². The number of hydrogen-bond donors (Lipinski definition) is 3. The lowest BCUT2D eigenvalue weighted by atomic mass is 10.2. The van der Waals surface area contributed by atoms with Gasteiger partial charge in [0.15, 0.2) is 6.61 Å². The van der Waals surface area contributed by atoms with Crippen molar-refractivity contribution in [2.24, 2.45) is 0 Å². The monoisotopic (exact) mass is 529 g/mol. The Balaban J connectivity index is 1.33. The Kier molecular flexibility index (Phi) is 9.67. The van der Waals surface area contributed by atoms with Crippen LogP contribution in [0.3, 0.4) is 0 Å². The van der Waals surface area contributed by atoms with Crippen LogP contribution in [0.5, 0.6) is 11.5 Å². The van der Waals surface area contributed by atoms with Crippen LogP contribution in [0.4, 0.5) is 5.69 Å². The number of carbonyl (C=O) groups is 4. The molecule has 11 heteroatoms. The molecule has 0 radical (unpaired) electrons. The van der Waals surface area contributed by atoms with E-state index in [4.69, 9.17) is 32.7 Å². The van der Waals surface area contributed by atoms with E-state index in [1.807, 2.05) is 30.3 Å². The highest BCUT2D eigenvalue weighted by molar-refractivity contribution is 6.36. The smallest absolute Gasteiger partial charge is 0.325 e.